The minimum Gasteiger partial charge on any atom is -0.480 e. The van der Waals surface area contributed by atoms with Gasteiger partial charge in [0.1, 0.15) is 5.82 Å². The molecular formula is C11H10F3N5O. The molecule has 0 bridgehead atoms. The number of rotatable bonds is 3. The molecule has 0 saturated heterocycles. The summed E-state index contributed by atoms with van der Waals surface area (Å²) in [4.78, 5) is 11.5. The lowest BCUT2D eigenvalue weighted by Crippen LogP contribution is -2.08. The first-order valence-electron chi connectivity index (χ1n) is 5.36. The van der Waals surface area contributed by atoms with Gasteiger partial charge in [-0.1, -0.05) is 0 Å². The maximum Gasteiger partial charge on any atom is 0.417 e. The van der Waals surface area contributed by atoms with Crippen molar-refractivity contribution in [1.82, 2.24) is 15.0 Å². The third kappa shape index (κ3) is 3.05. The Morgan fingerprint density at radius 1 is 1.15 bits per heavy atom. The maximum atomic E-state index is 12.5. The highest BCUT2D eigenvalue weighted by Crippen LogP contribution is 2.32. The van der Waals surface area contributed by atoms with Crippen LogP contribution in [0.25, 0.3) is 0 Å². The average Bonchev–Trinajstić information content (AvgIpc) is 2.41. The minimum atomic E-state index is -4.49. The third-order valence-corrected chi connectivity index (χ3v) is 2.33. The van der Waals surface area contributed by atoms with E-state index in [2.05, 4.69) is 20.3 Å². The molecule has 2 heterocycles. The summed E-state index contributed by atoms with van der Waals surface area (Å²) in [7, 11) is 1.44. The number of nitrogens with two attached hydrogens (primary N) is 1. The highest BCUT2D eigenvalue weighted by molar-refractivity contribution is 5.67. The number of alkyl halides is 3. The van der Waals surface area contributed by atoms with Gasteiger partial charge in [0.2, 0.25) is 5.88 Å². The highest BCUT2D eigenvalue weighted by atomic mass is 19.4. The molecular weight excluding hydrogens is 275 g/mol. The molecule has 0 saturated carbocycles. The summed E-state index contributed by atoms with van der Waals surface area (Å²) in [6.45, 7) is 0. The van der Waals surface area contributed by atoms with Crippen molar-refractivity contribution < 1.29 is 17.9 Å². The number of nitrogens with one attached hydrogen (secondary N) is 1. The standard InChI is InChI=1S/C11H10F3N5O/c1-20-9-5-16-8(4-17-9)19-10-7(15)2-6(3-18-10)11(12,13)14/h2-5H,15H2,1H3,(H,16,18,19). The average molecular weight is 285 g/mol. The molecule has 0 radical (unpaired) electrons. The first-order chi connectivity index (χ1) is 9.40. The van der Waals surface area contributed by atoms with Gasteiger partial charge >= 0.3 is 6.18 Å². The molecule has 2 rings (SSSR count). The van der Waals surface area contributed by atoms with Crippen LogP contribution in [0.3, 0.4) is 0 Å². The Kier molecular flexibility index (Phi) is 3.59. The molecule has 20 heavy (non-hydrogen) atoms. The number of anilines is 3. The van der Waals surface area contributed by atoms with Crippen molar-refractivity contribution in [2.24, 2.45) is 0 Å². The number of halogens is 3. The first kappa shape index (κ1) is 13.8. The van der Waals surface area contributed by atoms with Crippen LogP contribution in [0.2, 0.25) is 0 Å². The summed E-state index contributed by atoms with van der Waals surface area (Å²) in [6.07, 6.45) is -1.10. The molecule has 0 aliphatic rings. The van der Waals surface area contributed by atoms with Gasteiger partial charge in [0.05, 0.1) is 30.8 Å². The van der Waals surface area contributed by atoms with E-state index in [0.29, 0.717) is 12.1 Å². The fourth-order valence-electron chi connectivity index (χ4n) is 1.35. The van der Waals surface area contributed by atoms with Crippen molar-refractivity contribution in [3.63, 3.8) is 0 Å². The van der Waals surface area contributed by atoms with Crippen LogP contribution < -0.4 is 15.8 Å². The molecule has 0 atom stereocenters. The van der Waals surface area contributed by atoms with Crippen LogP contribution in [0.15, 0.2) is 24.7 Å². The van der Waals surface area contributed by atoms with Crippen LogP contribution in [0.4, 0.5) is 30.5 Å². The molecule has 0 unspecified atom stereocenters. The second-order valence-electron chi connectivity index (χ2n) is 3.73. The smallest absolute Gasteiger partial charge is 0.417 e. The van der Waals surface area contributed by atoms with Gasteiger partial charge in [-0.15, -0.1) is 0 Å². The predicted octanol–water partition coefficient (Wildman–Crippen LogP) is 2.22. The van der Waals surface area contributed by atoms with E-state index in [1.807, 2.05) is 0 Å². The maximum absolute atomic E-state index is 12.5. The second-order valence-corrected chi connectivity index (χ2v) is 3.73. The number of nitrogens with zero attached hydrogens (tertiary/aromatic N) is 3. The molecule has 2 aromatic heterocycles. The highest BCUT2D eigenvalue weighted by Gasteiger charge is 2.31. The monoisotopic (exact) mass is 285 g/mol. The van der Waals surface area contributed by atoms with E-state index >= 15 is 0 Å². The fraction of sp³-hybridized carbons (Fsp3) is 0.182. The van der Waals surface area contributed by atoms with Gasteiger partial charge in [-0.3, -0.25) is 0 Å². The second kappa shape index (κ2) is 5.19. The lowest BCUT2D eigenvalue weighted by atomic mass is 10.2. The Morgan fingerprint density at radius 3 is 2.40 bits per heavy atom. The lowest BCUT2D eigenvalue weighted by molar-refractivity contribution is -0.137. The van der Waals surface area contributed by atoms with E-state index in [9.17, 15) is 13.2 Å². The number of ether oxygens (including phenoxy) is 1. The normalized spacial score (nSPS) is 11.2. The molecule has 0 aliphatic carbocycles. The fourth-order valence-corrected chi connectivity index (χ4v) is 1.35. The summed E-state index contributed by atoms with van der Waals surface area (Å²) >= 11 is 0. The van der Waals surface area contributed by atoms with E-state index in [-0.39, 0.29) is 17.3 Å². The number of nitrogen functional groups attached to an aromatic ring is 1. The van der Waals surface area contributed by atoms with Crippen LogP contribution in [0.5, 0.6) is 5.88 Å². The Bertz CT molecular complexity index is 600. The van der Waals surface area contributed by atoms with Gasteiger partial charge in [0.15, 0.2) is 5.82 Å². The van der Waals surface area contributed by atoms with Crippen molar-refractivity contribution in [2.75, 3.05) is 18.2 Å². The van der Waals surface area contributed by atoms with E-state index in [0.717, 1.165) is 6.07 Å². The molecule has 3 N–H and O–H groups in total. The Morgan fingerprint density at radius 2 is 1.90 bits per heavy atom. The first-order valence-corrected chi connectivity index (χ1v) is 5.36. The summed E-state index contributed by atoms with van der Waals surface area (Å²) in [6, 6.07) is 0.798. The quantitative estimate of drug-likeness (QED) is 0.899. The largest absolute Gasteiger partial charge is 0.480 e. The van der Waals surface area contributed by atoms with E-state index in [4.69, 9.17) is 10.5 Å². The zero-order chi connectivity index (χ0) is 14.8. The molecule has 0 fully saturated rings. The summed E-state index contributed by atoms with van der Waals surface area (Å²) in [5.74, 6) is 0.658. The summed E-state index contributed by atoms with van der Waals surface area (Å²) < 4.78 is 42.2. The molecule has 0 amide bonds. The molecule has 0 aliphatic heterocycles. The SMILES string of the molecule is COc1cnc(Nc2ncc(C(F)(F)F)cc2N)cn1. The van der Waals surface area contributed by atoms with Crippen LogP contribution >= 0.6 is 0 Å². The molecule has 6 nitrogen and oxygen atoms in total. The van der Waals surface area contributed by atoms with Gasteiger partial charge < -0.3 is 15.8 Å². The van der Waals surface area contributed by atoms with E-state index in [1.165, 1.54) is 19.5 Å². The van der Waals surface area contributed by atoms with Crippen LogP contribution in [-0.4, -0.2) is 22.1 Å². The number of methoxy groups -OCH3 is 1. The Balaban J connectivity index is 2.21. The Hall–Kier alpha value is -2.58. The number of hydrogen-bond donors (Lipinski definition) is 2. The van der Waals surface area contributed by atoms with Crippen LogP contribution in [0.1, 0.15) is 5.56 Å². The zero-order valence-corrected chi connectivity index (χ0v) is 10.3. The van der Waals surface area contributed by atoms with E-state index in [1.54, 1.807) is 0 Å². The summed E-state index contributed by atoms with van der Waals surface area (Å²) in [5, 5.41) is 2.67. The predicted molar refractivity (Wildman–Crippen MR) is 65.5 cm³/mol. The molecule has 0 aromatic carbocycles. The molecule has 9 heteroatoms. The Labute approximate surface area is 111 Å². The number of aromatic nitrogens is 3. The van der Waals surface area contributed by atoms with E-state index < -0.39 is 11.7 Å². The van der Waals surface area contributed by atoms with Gasteiger partial charge in [-0.25, -0.2) is 15.0 Å². The number of pyridine rings is 1. The minimum absolute atomic E-state index is 0.0671. The third-order valence-electron chi connectivity index (χ3n) is 2.33. The van der Waals surface area contributed by atoms with Gasteiger partial charge in [0, 0.05) is 6.20 Å². The van der Waals surface area contributed by atoms with Crippen molar-refractivity contribution in [2.45, 2.75) is 6.18 Å². The summed E-state index contributed by atoms with van der Waals surface area (Å²) in [5.41, 5.74) is 4.47. The van der Waals surface area contributed by atoms with Crippen LogP contribution in [0, 0.1) is 0 Å². The van der Waals surface area contributed by atoms with Crippen LogP contribution in [-0.2, 0) is 6.18 Å². The zero-order valence-electron chi connectivity index (χ0n) is 10.3. The van der Waals surface area contributed by atoms with Crippen molar-refractivity contribution in [3.05, 3.63) is 30.2 Å². The van der Waals surface area contributed by atoms with Crippen molar-refractivity contribution in [3.8, 4) is 5.88 Å². The van der Waals surface area contributed by atoms with Gasteiger partial charge in [0.25, 0.3) is 0 Å². The van der Waals surface area contributed by atoms with Crippen molar-refractivity contribution >= 4 is 17.3 Å². The molecule has 2 aromatic rings. The van der Waals surface area contributed by atoms with Gasteiger partial charge in [-0.05, 0) is 6.07 Å². The molecule has 106 valence electrons. The number of hydrogen-bond acceptors (Lipinski definition) is 6. The van der Waals surface area contributed by atoms with Crippen molar-refractivity contribution in [1.29, 1.82) is 0 Å². The molecule has 0 spiro atoms. The van der Waals surface area contributed by atoms with Gasteiger partial charge in [-0.2, -0.15) is 13.2 Å². The topological polar surface area (TPSA) is 86.0 Å². The lowest BCUT2D eigenvalue weighted by Gasteiger charge is -2.11.